The first-order valence-electron chi connectivity index (χ1n) is 11.2. The van der Waals surface area contributed by atoms with Crippen LogP contribution in [0, 0.1) is 0 Å². The van der Waals surface area contributed by atoms with Crippen molar-refractivity contribution in [1.82, 2.24) is 5.32 Å². The fraction of sp³-hybridized carbons (Fsp3) is 0.947. The molecule has 8 nitrogen and oxygen atoms in total. The summed E-state index contributed by atoms with van der Waals surface area (Å²) in [5, 5.41) is 1.82. The first-order valence-corrected chi connectivity index (χ1v) is 12.8. The van der Waals surface area contributed by atoms with E-state index < -0.39 is 122 Å². The lowest BCUT2D eigenvalue weighted by Crippen LogP contribution is -2.61. The van der Waals surface area contributed by atoms with Gasteiger partial charge in [-0.25, -0.2) is 4.79 Å². The molecular weight excluding hydrogens is 671 g/mol. The number of carbonyl (C=O) groups excluding carboxylic acids is 1. The van der Waals surface area contributed by atoms with Gasteiger partial charge >= 0.3 is 47.8 Å². The zero-order valence-corrected chi connectivity index (χ0v) is 22.4. The molecular formula is C19H24F15NO7S. The summed E-state index contributed by atoms with van der Waals surface area (Å²) in [6.45, 7) is -5.82. The Morgan fingerprint density at radius 2 is 1.14 bits per heavy atom. The molecule has 1 amide bonds. The van der Waals surface area contributed by atoms with Crippen molar-refractivity contribution in [3.63, 3.8) is 0 Å². The van der Waals surface area contributed by atoms with Crippen molar-refractivity contribution in [3.05, 3.63) is 0 Å². The van der Waals surface area contributed by atoms with Crippen LogP contribution in [0.3, 0.4) is 0 Å². The Balaban J connectivity index is 5.68. The maximum Gasteiger partial charge on any atom is 0.460 e. The summed E-state index contributed by atoms with van der Waals surface area (Å²) in [5.41, 5.74) is 0. The van der Waals surface area contributed by atoms with Crippen molar-refractivity contribution in [1.29, 1.82) is 0 Å². The van der Waals surface area contributed by atoms with Gasteiger partial charge in [-0.05, 0) is 13.3 Å². The molecule has 0 radical (unpaired) electrons. The van der Waals surface area contributed by atoms with Crippen LogP contribution in [0.25, 0.3) is 0 Å². The lowest BCUT2D eigenvalue weighted by molar-refractivity contribution is -0.398. The number of ether oxygens (including phenoxy) is 3. The second kappa shape index (κ2) is 13.6. The molecule has 0 fully saturated rings. The van der Waals surface area contributed by atoms with E-state index in [1.165, 1.54) is 0 Å². The Morgan fingerprint density at radius 1 is 0.721 bits per heavy atom. The van der Waals surface area contributed by atoms with Crippen molar-refractivity contribution >= 4 is 16.2 Å². The van der Waals surface area contributed by atoms with Crippen LogP contribution in [-0.4, -0.2) is 98.7 Å². The van der Waals surface area contributed by atoms with Crippen LogP contribution >= 0.6 is 0 Å². The summed E-state index contributed by atoms with van der Waals surface area (Å²) >= 11 is 0. The highest BCUT2D eigenvalue weighted by molar-refractivity contribution is 7.85. The normalized spacial score (nSPS) is 16.1. The van der Waals surface area contributed by atoms with Crippen LogP contribution < -0.4 is 5.32 Å². The highest BCUT2D eigenvalue weighted by Gasteiger charge is 2.81. The number of hydrogen-bond acceptors (Lipinski definition) is 6. The minimum Gasteiger partial charge on any atom is -0.444 e. The molecule has 43 heavy (non-hydrogen) atoms. The van der Waals surface area contributed by atoms with Crippen LogP contribution in [0.1, 0.15) is 33.1 Å². The maximum atomic E-state index is 13.8. The predicted octanol–water partition coefficient (Wildman–Crippen LogP) is 5.91. The number of amides is 1. The van der Waals surface area contributed by atoms with Gasteiger partial charge in [0.25, 0.3) is 10.1 Å². The second-order valence-electron chi connectivity index (χ2n) is 8.99. The molecule has 2 N–H and O–H groups in total. The lowest BCUT2D eigenvalue weighted by Gasteiger charge is -2.35. The average Bonchev–Trinajstić information content (AvgIpc) is 2.78. The minimum atomic E-state index is -7.27. The number of hydrogen-bond donors (Lipinski definition) is 2. The molecule has 1 atom stereocenters. The van der Waals surface area contributed by atoms with Crippen LogP contribution in [0.4, 0.5) is 70.7 Å². The lowest BCUT2D eigenvalue weighted by atomic mass is 10.0. The van der Waals surface area contributed by atoms with Crippen LogP contribution in [0.2, 0.25) is 0 Å². The van der Waals surface area contributed by atoms with Crippen molar-refractivity contribution < 1.29 is 97.8 Å². The molecule has 1 unspecified atom stereocenters. The van der Waals surface area contributed by atoms with Crippen LogP contribution in [0.15, 0.2) is 0 Å². The van der Waals surface area contributed by atoms with E-state index in [0.29, 0.717) is 6.92 Å². The average molecular weight is 695 g/mol. The number of nitrogens with one attached hydrogen (secondary N) is 1. The Kier molecular flexibility index (Phi) is 13.0. The van der Waals surface area contributed by atoms with Crippen molar-refractivity contribution in [2.75, 3.05) is 32.1 Å². The summed E-state index contributed by atoms with van der Waals surface area (Å²) in [4.78, 5) is 11.7. The molecule has 0 aliphatic rings. The highest BCUT2D eigenvalue weighted by Crippen LogP contribution is 2.54. The Morgan fingerprint density at radius 3 is 1.51 bits per heavy atom. The maximum absolute atomic E-state index is 13.8. The second-order valence-corrected chi connectivity index (χ2v) is 10.6. The van der Waals surface area contributed by atoms with Gasteiger partial charge in [-0.15, -0.1) is 0 Å². The fourth-order valence-corrected chi connectivity index (χ4v) is 3.16. The quantitative estimate of drug-likeness (QED) is 0.0794. The van der Waals surface area contributed by atoms with Gasteiger partial charge in [-0.3, -0.25) is 4.55 Å². The molecule has 24 heteroatoms. The molecule has 0 saturated carbocycles. The first-order chi connectivity index (χ1) is 18.8. The van der Waals surface area contributed by atoms with Crippen LogP contribution in [0.5, 0.6) is 0 Å². The molecule has 0 spiro atoms. The van der Waals surface area contributed by atoms with E-state index >= 15 is 0 Å². The summed E-state index contributed by atoms with van der Waals surface area (Å²) in [6.07, 6.45) is -14.1. The van der Waals surface area contributed by atoms with Gasteiger partial charge < -0.3 is 19.5 Å². The fourth-order valence-electron chi connectivity index (χ4n) is 2.65. The van der Waals surface area contributed by atoms with Crippen molar-refractivity contribution in [3.8, 4) is 0 Å². The SMILES string of the molecule is CC(COC(=O)NCCCS(=O)(=O)O)(OCCC(F)(F)C(F)(F)C(C)(F)F)OCCC(F)(F)C(F)(F)C(F)(F)C(F)(F)F. The van der Waals surface area contributed by atoms with Crippen LogP contribution in [-0.2, 0) is 24.3 Å². The van der Waals surface area contributed by atoms with Gasteiger partial charge in [-0.2, -0.15) is 74.3 Å². The summed E-state index contributed by atoms with van der Waals surface area (Å²) < 4.78 is 241. The molecule has 0 aromatic rings. The van der Waals surface area contributed by atoms with E-state index in [4.69, 9.17) is 4.55 Å². The summed E-state index contributed by atoms with van der Waals surface area (Å²) in [5.74, 6) is -41.1. The number of alkyl halides is 15. The Labute approximate surface area is 232 Å². The van der Waals surface area contributed by atoms with E-state index in [9.17, 15) is 79.1 Å². The number of rotatable bonds is 18. The molecule has 0 aromatic carbocycles. The number of carbonyl (C=O) groups is 1. The number of alkyl carbamates (subject to hydrolysis) is 1. The van der Waals surface area contributed by atoms with Gasteiger partial charge in [-0.1, -0.05) is 0 Å². The van der Waals surface area contributed by atoms with Gasteiger partial charge in [0.1, 0.15) is 6.61 Å². The zero-order chi connectivity index (χ0) is 34.6. The number of halogens is 15. The highest BCUT2D eigenvalue weighted by atomic mass is 32.2. The summed E-state index contributed by atoms with van der Waals surface area (Å²) in [6, 6.07) is 0. The van der Waals surface area contributed by atoms with Gasteiger partial charge in [0.15, 0.2) is 5.79 Å². The molecule has 0 rings (SSSR count). The molecule has 0 aliphatic carbocycles. The Bertz CT molecular complexity index is 1030. The minimum absolute atomic E-state index is 0.435. The van der Waals surface area contributed by atoms with Gasteiger partial charge in [0.05, 0.1) is 19.0 Å². The molecule has 0 aliphatic heterocycles. The molecule has 258 valence electrons. The van der Waals surface area contributed by atoms with E-state index in [2.05, 4.69) is 14.2 Å². The van der Waals surface area contributed by atoms with Crippen molar-refractivity contribution in [2.45, 2.75) is 80.6 Å². The third-order valence-electron chi connectivity index (χ3n) is 5.18. The van der Waals surface area contributed by atoms with E-state index in [1.54, 1.807) is 0 Å². The largest absolute Gasteiger partial charge is 0.460 e. The van der Waals surface area contributed by atoms with E-state index in [0.717, 1.165) is 0 Å². The Hall–Kier alpha value is -1.95. The third kappa shape index (κ3) is 10.9. The molecule has 0 heterocycles. The monoisotopic (exact) mass is 695 g/mol. The molecule has 0 aromatic heterocycles. The van der Waals surface area contributed by atoms with Gasteiger partial charge in [0, 0.05) is 26.3 Å². The standard InChI is InChI=1S/C19H24F15NO7S/c1-12(10-40-11(36)35-6-3-9-43(37,38)39,41-7-4-14(22,23)16(26,27)13(2,20)21)42-8-5-15(24,25)17(28,29)18(30,31)19(32,33)34/h3-10H2,1-2H3,(H,35,36)(H,37,38,39). The predicted molar refractivity (Wildman–Crippen MR) is 111 cm³/mol. The molecule has 0 saturated heterocycles. The van der Waals surface area contributed by atoms with Crippen molar-refractivity contribution in [2.24, 2.45) is 0 Å². The van der Waals surface area contributed by atoms with E-state index in [-0.39, 0.29) is 0 Å². The molecule has 0 bridgehead atoms. The first kappa shape index (κ1) is 41.0. The zero-order valence-electron chi connectivity index (χ0n) is 21.6. The smallest absolute Gasteiger partial charge is 0.444 e. The summed E-state index contributed by atoms with van der Waals surface area (Å²) in [7, 11) is -4.47. The van der Waals surface area contributed by atoms with Gasteiger partial charge in [0.2, 0.25) is 0 Å². The third-order valence-corrected chi connectivity index (χ3v) is 5.99. The topological polar surface area (TPSA) is 111 Å². The van der Waals surface area contributed by atoms with E-state index in [1.807, 2.05) is 5.32 Å².